The van der Waals surface area contributed by atoms with Gasteiger partial charge in [0, 0.05) is 18.3 Å². The Hall–Kier alpha value is -1.62. The maximum absolute atomic E-state index is 13.3. The summed E-state index contributed by atoms with van der Waals surface area (Å²) >= 11 is 0. The van der Waals surface area contributed by atoms with E-state index in [-0.39, 0.29) is 23.8 Å². The van der Waals surface area contributed by atoms with Crippen molar-refractivity contribution in [3.63, 3.8) is 0 Å². The number of nitrogens with one attached hydrogen (secondary N) is 1. The van der Waals surface area contributed by atoms with Crippen LogP contribution in [0.5, 0.6) is 0 Å². The van der Waals surface area contributed by atoms with Crippen LogP contribution >= 0.6 is 0 Å². The van der Waals surface area contributed by atoms with Crippen molar-refractivity contribution in [1.82, 2.24) is 5.32 Å². The Kier molecular flexibility index (Phi) is 3.81. The monoisotopic (exact) mass is 251 g/mol. The number of nitrogens with zero attached hydrogens (tertiary/aromatic N) is 1. The molecule has 0 saturated carbocycles. The highest BCUT2D eigenvalue weighted by Crippen LogP contribution is 2.24. The number of amides is 1. The van der Waals surface area contributed by atoms with Crippen molar-refractivity contribution in [1.29, 1.82) is 0 Å². The van der Waals surface area contributed by atoms with Gasteiger partial charge < -0.3 is 16.0 Å². The first-order valence-electron chi connectivity index (χ1n) is 6.15. The Morgan fingerprint density at radius 2 is 2.33 bits per heavy atom. The minimum atomic E-state index is -0.319. The number of hydrogen-bond acceptors (Lipinski definition) is 3. The van der Waals surface area contributed by atoms with Gasteiger partial charge in [-0.25, -0.2) is 4.39 Å². The van der Waals surface area contributed by atoms with Crippen LogP contribution in [0.4, 0.5) is 10.1 Å². The molecule has 0 spiro atoms. The first kappa shape index (κ1) is 12.8. The van der Waals surface area contributed by atoms with Crippen molar-refractivity contribution in [2.24, 2.45) is 5.73 Å². The number of nitrogens with two attached hydrogens (primary N) is 1. The summed E-state index contributed by atoms with van der Waals surface area (Å²) in [4.78, 5) is 13.8. The highest BCUT2D eigenvalue weighted by atomic mass is 19.1. The lowest BCUT2D eigenvalue weighted by Gasteiger charge is -2.41. The summed E-state index contributed by atoms with van der Waals surface area (Å²) in [5.74, 6) is -0.333. The number of carbonyl (C=O) groups excluding carboxylic acids is 1. The predicted octanol–water partition coefficient (Wildman–Crippen LogP) is 0.868. The minimum Gasteiger partial charge on any atom is -0.355 e. The third-order valence-electron chi connectivity index (χ3n) is 3.23. The molecule has 1 aliphatic rings. The van der Waals surface area contributed by atoms with Crippen molar-refractivity contribution in [3.8, 4) is 0 Å². The van der Waals surface area contributed by atoms with Crippen molar-refractivity contribution in [2.45, 2.75) is 25.4 Å². The van der Waals surface area contributed by atoms with Gasteiger partial charge in [0.15, 0.2) is 0 Å². The molecule has 1 fully saturated rings. The number of carbonyl (C=O) groups is 1. The van der Waals surface area contributed by atoms with Gasteiger partial charge >= 0.3 is 0 Å². The summed E-state index contributed by atoms with van der Waals surface area (Å²) in [5.41, 5.74) is 6.29. The van der Waals surface area contributed by atoms with Gasteiger partial charge in [-0.05, 0) is 38.1 Å². The number of rotatable bonds is 3. The second kappa shape index (κ2) is 5.35. The quantitative estimate of drug-likeness (QED) is 0.838. The van der Waals surface area contributed by atoms with Crippen molar-refractivity contribution >= 4 is 11.6 Å². The van der Waals surface area contributed by atoms with E-state index in [2.05, 4.69) is 5.32 Å². The molecule has 1 aromatic rings. The summed E-state index contributed by atoms with van der Waals surface area (Å²) in [6, 6.07) is 6.14. The van der Waals surface area contributed by atoms with E-state index in [1.807, 2.05) is 17.9 Å². The van der Waals surface area contributed by atoms with Crippen molar-refractivity contribution < 1.29 is 9.18 Å². The smallest absolute Gasteiger partial charge is 0.242 e. The lowest BCUT2D eigenvalue weighted by atomic mass is 10.0. The minimum absolute atomic E-state index is 0.0391. The van der Waals surface area contributed by atoms with Gasteiger partial charge in [-0.3, -0.25) is 4.79 Å². The Morgan fingerprint density at radius 1 is 1.56 bits per heavy atom. The van der Waals surface area contributed by atoms with E-state index in [1.54, 1.807) is 6.07 Å². The van der Waals surface area contributed by atoms with Crippen LogP contribution in [0.3, 0.4) is 0 Å². The van der Waals surface area contributed by atoms with E-state index in [9.17, 15) is 9.18 Å². The molecule has 2 rings (SSSR count). The molecule has 1 heterocycles. The molecule has 0 bridgehead atoms. The molecule has 0 aliphatic carbocycles. The lowest BCUT2D eigenvalue weighted by molar-refractivity contribution is -0.123. The van der Waals surface area contributed by atoms with E-state index in [4.69, 9.17) is 5.73 Å². The Bertz CT molecular complexity index is 438. The van der Waals surface area contributed by atoms with E-state index >= 15 is 0 Å². The summed E-state index contributed by atoms with van der Waals surface area (Å²) in [5, 5.41) is 2.85. The molecule has 5 heteroatoms. The molecule has 0 radical (unpaired) electrons. The van der Waals surface area contributed by atoms with Crippen LogP contribution in [0, 0.1) is 5.82 Å². The van der Waals surface area contributed by atoms with E-state index in [1.165, 1.54) is 12.1 Å². The molecule has 2 unspecified atom stereocenters. The van der Waals surface area contributed by atoms with Crippen molar-refractivity contribution in [2.75, 3.05) is 18.0 Å². The molecule has 0 aromatic heterocycles. The van der Waals surface area contributed by atoms with Gasteiger partial charge in [-0.15, -0.1) is 0 Å². The molecular formula is C13H18FN3O. The van der Waals surface area contributed by atoms with Crippen molar-refractivity contribution in [3.05, 3.63) is 30.1 Å². The van der Waals surface area contributed by atoms with Gasteiger partial charge in [0.05, 0.1) is 0 Å². The number of benzene rings is 1. The maximum Gasteiger partial charge on any atom is 0.242 e. The average Bonchev–Trinajstić information content (AvgIpc) is 2.34. The van der Waals surface area contributed by atoms with Gasteiger partial charge in [0.25, 0.3) is 0 Å². The Morgan fingerprint density at radius 3 is 3.00 bits per heavy atom. The molecule has 18 heavy (non-hydrogen) atoms. The fourth-order valence-electron chi connectivity index (χ4n) is 2.40. The van der Waals surface area contributed by atoms with Crippen LogP contribution in [0.2, 0.25) is 0 Å². The average molecular weight is 251 g/mol. The maximum atomic E-state index is 13.3. The fraction of sp³-hybridized carbons (Fsp3) is 0.462. The van der Waals surface area contributed by atoms with Crippen LogP contribution in [-0.2, 0) is 4.79 Å². The molecular weight excluding hydrogens is 233 g/mol. The van der Waals surface area contributed by atoms with Crippen LogP contribution in [0.25, 0.3) is 0 Å². The van der Waals surface area contributed by atoms with Crippen LogP contribution < -0.4 is 16.0 Å². The fourth-order valence-corrected chi connectivity index (χ4v) is 2.40. The molecule has 2 atom stereocenters. The van der Waals surface area contributed by atoms with E-state index < -0.39 is 0 Å². The van der Waals surface area contributed by atoms with Gasteiger partial charge in [0.2, 0.25) is 5.91 Å². The molecule has 4 nitrogen and oxygen atoms in total. The van der Waals surface area contributed by atoms with Crippen LogP contribution in [0.1, 0.15) is 13.3 Å². The number of anilines is 1. The SMILES string of the molecule is CC1CNC(=O)C(CCN)N1c1cccc(F)c1. The Labute approximate surface area is 106 Å². The normalized spacial score (nSPS) is 23.9. The van der Waals surface area contributed by atoms with Crippen LogP contribution in [0.15, 0.2) is 24.3 Å². The standard InChI is InChI=1S/C13H18FN3O/c1-9-8-16-13(18)12(5-6-15)17(9)11-4-2-3-10(14)7-11/h2-4,7,9,12H,5-6,8,15H2,1H3,(H,16,18). The van der Waals surface area contributed by atoms with Gasteiger partial charge in [0.1, 0.15) is 11.9 Å². The second-order valence-electron chi connectivity index (χ2n) is 4.57. The molecule has 1 amide bonds. The third-order valence-corrected chi connectivity index (χ3v) is 3.23. The molecule has 3 N–H and O–H groups in total. The highest BCUT2D eigenvalue weighted by Gasteiger charge is 2.33. The predicted molar refractivity (Wildman–Crippen MR) is 68.8 cm³/mol. The first-order chi connectivity index (χ1) is 8.63. The van der Waals surface area contributed by atoms with E-state index in [0.29, 0.717) is 19.5 Å². The largest absolute Gasteiger partial charge is 0.355 e. The first-order valence-corrected chi connectivity index (χ1v) is 6.15. The second-order valence-corrected chi connectivity index (χ2v) is 4.57. The molecule has 98 valence electrons. The number of halogens is 1. The molecule has 1 aromatic carbocycles. The number of piperazine rings is 1. The van der Waals surface area contributed by atoms with E-state index in [0.717, 1.165) is 5.69 Å². The molecule has 1 aliphatic heterocycles. The summed E-state index contributed by atoms with van der Waals surface area (Å²) in [6.45, 7) is 3.00. The zero-order valence-corrected chi connectivity index (χ0v) is 10.4. The topological polar surface area (TPSA) is 58.4 Å². The van der Waals surface area contributed by atoms with Crippen LogP contribution in [-0.4, -0.2) is 31.1 Å². The summed E-state index contributed by atoms with van der Waals surface area (Å²) < 4.78 is 13.3. The zero-order valence-electron chi connectivity index (χ0n) is 10.4. The third kappa shape index (κ3) is 2.46. The summed E-state index contributed by atoms with van der Waals surface area (Å²) in [7, 11) is 0. The lowest BCUT2D eigenvalue weighted by Crippen LogP contribution is -2.60. The highest BCUT2D eigenvalue weighted by molar-refractivity contribution is 5.86. The Balaban J connectivity index is 2.33. The van der Waals surface area contributed by atoms with Gasteiger partial charge in [-0.1, -0.05) is 6.07 Å². The molecule has 1 saturated heterocycles. The number of hydrogen-bond donors (Lipinski definition) is 2. The van der Waals surface area contributed by atoms with Gasteiger partial charge in [-0.2, -0.15) is 0 Å². The zero-order chi connectivity index (χ0) is 13.1. The summed E-state index contributed by atoms with van der Waals surface area (Å²) in [6.07, 6.45) is 0.562.